The lowest BCUT2D eigenvalue weighted by Crippen LogP contribution is -2.08. The number of pyridine rings is 1. The first-order valence-electron chi connectivity index (χ1n) is 5.09. The third kappa shape index (κ3) is 3.09. The van der Waals surface area contributed by atoms with Crippen molar-refractivity contribution in [2.45, 2.75) is 6.61 Å². The normalized spacial score (nSPS) is 10.0. The van der Waals surface area contributed by atoms with Crippen LogP contribution >= 0.6 is 11.6 Å². The first kappa shape index (κ1) is 11.7. The van der Waals surface area contributed by atoms with Crippen LogP contribution in [0.3, 0.4) is 0 Å². The summed E-state index contributed by atoms with van der Waals surface area (Å²) in [5, 5.41) is 0.681. The molecule has 0 spiro atoms. The van der Waals surface area contributed by atoms with E-state index in [1.807, 2.05) is 30.3 Å². The van der Waals surface area contributed by atoms with Gasteiger partial charge in [0.15, 0.2) is 0 Å². The summed E-state index contributed by atoms with van der Waals surface area (Å²) in [6.07, 6.45) is 0. The third-order valence-electron chi connectivity index (χ3n) is 2.20. The Hall–Kier alpha value is -1.78. The number of ether oxygens (including phenoxy) is 1. The molecule has 0 atom stereocenters. The van der Waals surface area contributed by atoms with Crippen LogP contribution in [-0.2, 0) is 6.61 Å². The van der Waals surface area contributed by atoms with Gasteiger partial charge in [-0.15, -0.1) is 0 Å². The Morgan fingerprint density at radius 1 is 1.18 bits per heavy atom. The molecule has 2 aromatic rings. The van der Waals surface area contributed by atoms with E-state index in [0.29, 0.717) is 23.3 Å². The minimum absolute atomic E-state index is 0.376. The standard InChI is InChI=1S/C12H12ClN3O/c13-10-5-2-1-4-9(10)8-17-12-7-3-6-11(15-12)16-14/h1-7H,8,14H2,(H,15,16). The zero-order valence-electron chi connectivity index (χ0n) is 9.06. The number of halogens is 1. The molecule has 17 heavy (non-hydrogen) atoms. The molecule has 1 aromatic heterocycles. The molecule has 4 nitrogen and oxygen atoms in total. The number of nitrogens with one attached hydrogen (secondary N) is 1. The Morgan fingerprint density at radius 2 is 2.00 bits per heavy atom. The van der Waals surface area contributed by atoms with Crippen LogP contribution in [-0.4, -0.2) is 4.98 Å². The largest absolute Gasteiger partial charge is 0.473 e. The molecule has 88 valence electrons. The molecule has 0 aliphatic carbocycles. The fourth-order valence-electron chi connectivity index (χ4n) is 1.34. The highest BCUT2D eigenvalue weighted by molar-refractivity contribution is 6.31. The van der Waals surface area contributed by atoms with Gasteiger partial charge in [-0.3, -0.25) is 0 Å². The van der Waals surface area contributed by atoms with Crippen molar-refractivity contribution in [1.29, 1.82) is 0 Å². The summed E-state index contributed by atoms with van der Waals surface area (Å²) in [5.74, 6) is 6.32. The lowest BCUT2D eigenvalue weighted by molar-refractivity contribution is 0.294. The molecule has 0 radical (unpaired) electrons. The van der Waals surface area contributed by atoms with Crippen molar-refractivity contribution in [3.8, 4) is 5.88 Å². The number of nitrogen functional groups attached to an aromatic ring is 1. The minimum atomic E-state index is 0.376. The highest BCUT2D eigenvalue weighted by Gasteiger charge is 2.01. The smallest absolute Gasteiger partial charge is 0.215 e. The second kappa shape index (κ2) is 5.52. The van der Waals surface area contributed by atoms with Gasteiger partial charge in [0.25, 0.3) is 0 Å². The van der Waals surface area contributed by atoms with Crippen LogP contribution in [0.25, 0.3) is 0 Å². The highest BCUT2D eigenvalue weighted by atomic mass is 35.5. The van der Waals surface area contributed by atoms with Crippen molar-refractivity contribution >= 4 is 17.4 Å². The summed E-state index contributed by atoms with van der Waals surface area (Å²) in [7, 11) is 0. The SMILES string of the molecule is NNc1cccc(OCc2ccccc2Cl)n1. The van der Waals surface area contributed by atoms with E-state index in [2.05, 4.69) is 10.4 Å². The fourth-order valence-corrected chi connectivity index (χ4v) is 1.53. The number of hydrazine groups is 1. The maximum atomic E-state index is 6.02. The Kier molecular flexibility index (Phi) is 3.80. The van der Waals surface area contributed by atoms with E-state index in [1.54, 1.807) is 12.1 Å². The Bertz CT molecular complexity index is 505. The van der Waals surface area contributed by atoms with Crippen LogP contribution in [0.4, 0.5) is 5.82 Å². The Morgan fingerprint density at radius 3 is 2.76 bits per heavy atom. The van der Waals surface area contributed by atoms with Gasteiger partial charge in [-0.2, -0.15) is 4.98 Å². The van der Waals surface area contributed by atoms with Crippen molar-refractivity contribution in [3.63, 3.8) is 0 Å². The van der Waals surface area contributed by atoms with Crippen molar-refractivity contribution in [2.24, 2.45) is 5.84 Å². The number of hydrogen-bond acceptors (Lipinski definition) is 4. The van der Waals surface area contributed by atoms with E-state index >= 15 is 0 Å². The van der Waals surface area contributed by atoms with Gasteiger partial charge in [0.2, 0.25) is 5.88 Å². The van der Waals surface area contributed by atoms with Gasteiger partial charge in [-0.1, -0.05) is 35.9 Å². The zero-order valence-corrected chi connectivity index (χ0v) is 9.82. The average Bonchev–Trinajstić information content (AvgIpc) is 2.38. The van der Waals surface area contributed by atoms with Gasteiger partial charge in [-0.05, 0) is 12.1 Å². The molecule has 0 saturated heterocycles. The summed E-state index contributed by atoms with van der Waals surface area (Å²) in [6, 6.07) is 12.8. The topological polar surface area (TPSA) is 60.2 Å². The number of nitrogens with zero attached hydrogens (tertiary/aromatic N) is 1. The van der Waals surface area contributed by atoms with Gasteiger partial charge < -0.3 is 10.2 Å². The molecule has 0 aliphatic rings. The summed E-state index contributed by atoms with van der Waals surface area (Å²) < 4.78 is 5.52. The fraction of sp³-hybridized carbons (Fsp3) is 0.0833. The van der Waals surface area contributed by atoms with Crippen LogP contribution in [0.15, 0.2) is 42.5 Å². The Labute approximate surface area is 104 Å². The van der Waals surface area contributed by atoms with E-state index in [4.69, 9.17) is 22.2 Å². The van der Waals surface area contributed by atoms with E-state index in [-0.39, 0.29) is 0 Å². The van der Waals surface area contributed by atoms with Crippen LogP contribution in [0, 0.1) is 0 Å². The van der Waals surface area contributed by atoms with Gasteiger partial charge in [0.1, 0.15) is 12.4 Å². The molecule has 5 heteroatoms. The van der Waals surface area contributed by atoms with Crippen LogP contribution < -0.4 is 16.0 Å². The quantitative estimate of drug-likeness (QED) is 0.646. The summed E-state index contributed by atoms with van der Waals surface area (Å²) in [6.45, 7) is 0.376. The monoisotopic (exact) mass is 249 g/mol. The van der Waals surface area contributed by atoms with Gasteiger partial charge in [0, 0.05) is 16.7 Å². The molecule has 0 amide bonds. The average molecular weight is 250 g/mol. The molecule has 1 heterocycles. The molecular weight excluding hydrogens is 238 g/mol. The van der Waals surface area contributed by atoms with Crippen LogP contribution in [0.1, 0.15) is 5.56 Å². The first-order chi connectivity index (χ1) is 8.29. The molecule has 0 unspecified atom stereocenters. The third-order valence-corrected chi connectivity index (χ3v) is 2.57. The van der Waals surface area contributed by atoms with Crippen LogP contribution in [0.5, 0.6) is 5.88 Å². The number of rotatable bonds is 4. The lowest BCUT2D eigenvalue weighted by atomic mass is 10.2. The second-order valence-electron chi connectivity index (χ2n) is 3.39. The van der Waals surface area contributed by atoms with Gasteiger partial charge >= 0.3 is 0 Å². The molecule has 1 aromatic carbocycles. The number of benzene rings is 1. The molecule has 0 fully saturated rings. The van der Waals surface area contributed by atoms with E-state index < -0.39 is 0 Å². The molecule has 0 saturated carbocycles. The summed E-state index contributed by atoms with van der Waals surface area (Å²) >= 11 is 6.02. The Balaban J connectivity index is 2.05. The molecular formula is C12H12ClN3O. The van der Waals surface area contributed by atoms with Gasteiger partial charge in [-0.25, -0.2) is 5.84 Å². The lowest BCUT2D eigenvalue weighted by Gasteiger charge is -2.07. The summed E-state index contributed by atoms with van der Waals surface area (Å²) in [5.41, 5.74) is 3.38. The van der Waals surface area contributed by atoms with E-state index in [1.165, 1.54) is 0 Å². The second-order valence-corrected chi connectivity index (χ2v) is 3.79. The van der Waals surface area contributed by atoms with Crippen molar-refractivity contribution < 1.29 is 4.74 Å². The predicted octanol–water partition coefficient (Wildman–Crippen LogP) is 2.60. The van der Waals surface area contributed by atoms with Crippen LogP contribution in [0.2, 0.25) is 5.02 Å². The summed E-state index contributed by atoms with van der Waals surface area (Å²) in [4.78, 5) is 4.13. The number of nitrogens with two attached hydrogens (primary N) is 1. The van der Waals surface area contributed by atoms with Crippen molar-refractivity contribution in [1.82, 2.24) is 4.98 Å². The molecule has 2 rings (SSSR count). The predicted molar refractivity (Wildman–Crippen MR) is 67.8 cm³/mol. The maximum Gasteiger partial charge on any atom is 0.215 e. The zero-order chi connectivity index (χ0) is 12.1. The van der Waals surface area contributed by atoms with E-state index in [0.717, 1.165) is 5.56 Å². The first-order valence-corrected chi connectivity index (χ1v) is 5.47. The van der Waals surface area contributed by atoms with Crippen molar-refractivity contribution in [3.05, 3.63) is 53.1 Å². The highest BCUT2D eigenvalue weighted by Crippen LogP contribution is 2.18. The molecule has 0 aliphatic heterocycles. The number of aromatic nitrogens is 1. The van der Waals surface area contributed by atoms with Crippen molar-refractivity contribution in [2.75, 3.05) is 5.43 Å². The van der Waals surface area contributed by atoms with E-state index in [9.17, 15) is 0 Å². The number of anilines is 1. The minimum Gasteiger partial charge on any atom is -0.473 e. The van der Waals surface area contributed by atoms with Gasteiger partial charge in [0.05, 0.1) is 0 Å². The maximum absolute atomic E-state index is 6.02. The number of hydrogen-bond donors (Lipinski definition) is 2. The molecule has 3 N–H and O–H groups in total. The molecule has 0 bridgehead atoms.